The van der Waals surface area contributed by atoms with E-state index in [1.165, 1.54) is 12.3 Å². The van der Waals surface area contributed by atoms with Crippen molar-refractivity contribution in [1.82, 2.24) is 4.98 Å². The second-order valence-electron chi connectivity index (χ2n) is 4.83. The molecule has 2 rings (SSSR count). The Morgan fingerprint density at radius 2 is 2.37 bits per heavy atom. The molecule has 1 aromatic rings. The van der Waals surface area contributed by atoms with E-state index in [0.717, 1.165) is 25.1 Å². The van der Waals surface area contributed by atoms with Gasteiger partial charge >= 0.3 is 0 Å². The second kappa shape index (κ2) is 5.83. The van der Waals surface area contributed by atoms with Crippen LogP contribution in [0.15, 0.2) is 16.7 Å². The monoisotopic (exact) mass is 328 g/mol. The van der Waals surface area contributed by atoms with Gasteiger partial charge in [-0.1, -0.05) is 0 Å². The Labute approximate surface area is 120 Å². The number of nitrogens with two attached hydrogens (primary N) is 1. The third kappa shape index (κ3) is 2.87. The largest absolute Gasteiger partial charge is 0.349 e. The van der Waals surface area contributed by atoms with Gasteiger partial charge in [-0.25, -0.2) is 4.98 Å². The number of nitro groups is 1. The predicted molar refractivity (Wildman–Crippen MR) is 77.2 cm³/mol. The van der Waals surface area contributed by atoms with Crippen molar-refractivity contribution < 1.29 is 4.92 Å². The van der Waals surface area contributed by atoms with Crippen molar-refractivity contribution >= 4 is 27.4 Å². The van der Waals surface area contributed by atoms with Gasteiger partial charge in [-0.15, -0.1) is 0 Å². The summed E-state index contributed by atoms with van der Waals surface area (Å²) in [6.07, 6.45) is 4.58. The molecule has 0 aliphatic carbocycles. The zero-order valence-corrected chi connectivity index (χ0v) is 12.3. The number of halogens is 1. The minimum Gasteiger partial charge on any atom is -0.349 e. The molecule has 19 heavy (non-hydrogen) atoms. The average molecular weight is 329 g/mol. The van der Waals surface area contributed by atoms with Crippen LogP contribution < -0.4 is 10.6 Å². The van der Waals surface area contributed by atoms with Gasteiger partial charge in [0.25, 0.3) is 5.69 Å². The van der Waals surface area contributed by atoms with Gasteiger partial charge in [0.2, 0.25) is 0 Å². The van der Waals surface area contributed by atoms with Crippen molar-refractivity contribution in [3.63, 3.8) is 0 Å². The Bertz CT molecular complexity index is 483. The first kappa shape index (κ1) is 14.2. The molecular weight excluding hydrogens is 312 g/mol. The van der Waals surface area contributed by atoms with Crippen LogP contribution in [0.25, 0.3) is 0 Å². The van der Waals surface area contributed by atoms with E-state index in [2.05, 4.69) is 32.7 Å². The van der Waals surface area contributed by atoms with Gasteiger partial charge in [-0.3, -0.25) is 10.1 Å². The smallest absolute Gasteiger partial charge is 0.288 e. The highest BCUT2D eigenvalue weighted by Gasteiger charge is 2.29. The van der Waals surface area contributed by atoms with E-state index < -0.39 is 4.92 Å². The van der Waals surface area contributed by atoms with E-state index in [0.29, 0.717) is 17.1 Å². The topological polar surface area (TPSA) is 85.3 Å². The molecule has 2 unspecified atom stereocenters. The highest BCUT2D eigenvalue weighted by Crippen LogP contribution is 2.34. The molecule has 1 saturated heterocycles. The number of aromatic nitrogens is 1. The van der Waals surface area contributed by atoms with Crippen LogP contribution in [0, 0.1) is 10.1 Å². The number of nitrogens with zero attached hydrogens (tertiary/aromatic N) is 3. The molecule has 6 nitrogen and oxygen atoms in total. The van der Waals surface area contributed by atoms with Crippen molar-refractivity contribution in [2.45, 2.75) is 38.3 Å². The van der Waals surface area contributed by atoms with Crippen molar-refractivity contribution in [3.05, 3.63) is 26.9 Å². The Hall–Kier alpha value is -1.21. The summed E-state index contributed by atoms with van der Waals surface area (Å²) in [6, 6.07) is 2.08. The molecule has 2 N–H and O–H groups in total. The van der Waals surface area contributed by atoms with Crippen LogP contribution in [-0.2, 0) is 0 Å². The third-order valence-corrected chi connectivity index (χ3v) is 4.15. The van der Waals surface area contributed by atoms with Crippen LogP contribution in [0.4, 0.5) is 11.5 Å². The fourth-order valence-corrected chi connectivity index (χ4v) is 3.15. The van der Waals surface area contributed by atoms with Crippen molar-refractivity contribution in [2.75, 3.05) is 11.4 Å². The highest BCUT2D eigenvalue weighted by atomic mass is 79.9. The second-order valence-corrected chi connectivity index (χ2v) is 5.69. The number of pyridine rings is 1. The zero-order chi connectivity index (χ0) is 14.0. The average Bonchev–Trinajstić information content (AvgIpc) is 2.38. The van der Waals surface area contributed by atoms with Crippen molar-refractivity contribution in [1.29, 1.82) is 0 Å². The molecule has 1 aliphatic heterocycles. The maximum atomic E-state index is 10.7. The molecule has 0 saturated carbocycles. The minimum atomic E-state index is -0.443. The molecule has 0 aromatic carbocycles. The molecule has 2 heterocycles. The van der Waals surface area contributed by atoms with Crippen molar-refractivity contribution in [2.24, 2.45) is 5.73 Å². The standard InChI is InChI=1S/C12H17BrN4O2/c1-8-3-2-4-9(6-14)16(8)12-11(13)5-10(7-15-12)17(18)19/h5,7-9H,2-4,6,14H2,1H3. The molecule has 0 spiro atoms. The highest BCUT2D eigenvalue weighted by molar-refractivity contribution is 9.10. The van der Waals surface area contributed by atoms with Gasteiger partial charge in [0.05, 0.1) is 9.40 Å². The van der Waals surface area contributed by atoms with E-state index >= 15 is 0 Å². The number of piperidine rings is 1. The number of hydrogen-bond donors (Lipinski definition) is 1. The lowest BCUT2D eigenvalue weighted by molar-refractivity contribution is -0.385. The summed E-state index contributed by atoms with van der Waals surface area (Å²) in [4.78, 5) is 16.7. The van der Waals surface area contributed by atoms with Gasteiger partial charge in [-0.05, 0) is 42.1 Å². The molecule has 0 amide bonds. The van der Waals surface area contributed by atoms with Gasteiger partial charge in [-0.2, -0.15) is 0 Å². The maximum Gasteiger partial charge on any atom is 0.288 e. The summed E-state index contributed by atoms with van der Waals surface area (Å²) in [5, 5.41) is 10.7. The summed E-state index contributed by atoms with van der Waals surface area (Å²) >= 11 is 3.39. The zero-order valence-electron chi connectivity index (χ0n) is 10.8. The van der Waals surface area contributed by atoms with E-state index in [9.17, 15) is 10.1 Å². The SMILES string of the molecule is CC1CCCC(CN)N1c1ncc([N+](=O)[O-])cc1Br. The summed E-state index contributed by atoms with van der Waals surface area (Å²) in [5.41, 5.74) is 5.82. The predicted octanol–water partition coefficient (Wildman–Crippen LogP) is 2.46. The van der Waals surface area contributed by atoms with Crippen LogP contribution in [-0.4, -0.2) is 28.5 Å². The van der Waals surface area contributed by atoms with Gasteiger partial charge in [0, 0.05) is 24.7 Å². The van der Waals surface area contributed by atoms with E-state index in [4.69, 9.17) is 5.73 Å². The third-order valence-electron chi connectivity index (χ3n) is 3.56. The minimum absolute atomic E-state index is 0.00964. The lowest BCUT2D eigenvalue weighted by Crippen LogP contribution is -2.49. The number of rotatable bonds is 3. The molecular formula is C12H17BrN4O2. The quantitative estimate of drug-likeness (QED) is 0.680. The van der Waals surface area contributed by atoms with Crippen LogP contribution in [0.1, 0.15) is 26.2 Å². The molecule has 1 fully saturated rings. The maximum absolute atomic E-state index is 10.7. The molecule has 1 aromatic heterocycles. The first-order chi connectivity index (χ1) is 9.04. The summed E-state index contributed by atoms with van der Waals surface area (Å²) in [6.45, 7) is 2.70. The summed E-state index contributed by atoms with van der Waals surface area (Å²) in [7, 11) is 0. The Kier molecular flexibility index (Phi) is 4.36. The van der Waals surface area contributed by atoms with E-state index in [1.54, 1.807) is 0 Å². The molecule has 1 aliphatic rings. The normalized spacial score (nSPS) is 23.4. The summed E-state index contributed by atoms with van der Waals surface area (Å²) < 4.78 is 0.647. The van der Waals surface area contributed by atoms with Gasteiger partial charge in [0.15, 0.2) is 0 Å². The molecule has 7 heteroatoms. The van der Waals surface area contributed by atoms with Crippen LogP contribution in [0.5, 0.6) is 0 Å². The first-order valence-corrected chi connectivity index (χ1v) is 7.12. The van der Waals surface area contributed by atoms with Crippen molar-refractivity contribution in [3.8, 4) is 0 Å². The fraction of sp³-hybridized carbons (Fsp3) is 0.583. The van der Waals surface area contributed by atoms with Crippen LogP contribution >= 0.6 is 15.9 Å². The molecule has 2 atom stereocenters. The number of anilines is 1. The Morgan fingerprint density at radius 1 is 1.63 bits per heavy atom. The fourth-order valence-electron chi connectivity index (χ4n) is 2.61. The molecule has 0 bridgehead atoms. The lowest BCUT2D eigenvalue weighted by Gasteiger charge is -2.41. The van der Waals surface area contributed by atoms with Gasteiger partial charge < -0.3 is 10.6 Å². The van der Waals surface area contributed by atoms with Crippen LogP contribution in [0.2, 0.25) is 0 Å². The Morgan fingerprint density at radius 3 is 2.95 bits per heavy atom. The van der Waals surface area contributed by atoms with E-state index in [1.807, 2.05) is 0 Å². The first-order valence-electron chi connectivity index (χ1n) is 6.33. The van der Waals surface area contributed by atoms with E-state index in [-0.39, 0.29) is 11.7 Å². The number of hydrogen-bond acceptors (Lipinski definition) is 5. The van der Waals surface area contributed by atoms with Crippen LogP contribution in [0.3, 0.4) is 0 Å². The molecule has 0 radical (unpaired) electrons. The summed E-state index contributed by atoms with van der Waals surface area (Å²) in [5.74, 6) is 0.744. The molecule has 104 valence electrons. The van der Waals surface area contributed by atoms with Gasteiger partial charge in [0.1, 0.15) is 12.0 Å². The lowest BCUT2D eigenvalue weighted by atomic mass is 9.96. The Balaban J connectivity index is 2.36.